The Hall–Kier alpha value is -5.83. The first-order chi connectivity index (χ1) is 24.2. The van der Waals surface area contributed by atoms with Gasteiger partial charge < -0.3 is 19.3 Å². The standard InChI is InChI=1S/C45H29N3O.Pt/c1-30-28-46-41(26-39(30)32-12-3-2-4-13-32)33-16-9-18-35(24-33)48(43-22-11-15-31-14-5-6-20-37(31)43)36-19-10-17-34(25-36)42-27-40-38-21-7-8-23-44(38)49-45(40)29-47-42;/h2-23,26-29H,1H3;/q-2;+2. The molecule has 5 heteroatoms. The van der Waals surface area contributed by atoms with Gasteiger partial charge in [0.05, 0.1) is 11.9 Å². The summed E-state index contributed by atoms with van der Waals surface area (Å²) in [5.74, 6) is 0. The minimum atomic E-state index is 0. The quantitative estimate of drug-likeness (QED) is 0.157. The van der Waals surface area contributed by atoms with E-state index >= 15 is 0 Å². The van der Waals surface area contributed by atoms with E-state index in [0.29, 0.717) is 0 Å². The molecular formula is C45H29N3OPt. The van der Waals surface area contributed by atoms with Crippen molar-refractivity contribution in [3.05, 3.63) is 176 Å². The molecule has 0 aliphatic rings. The Kier molecular flexibility index (Phi) is 8.32. The summed E-state index contributed by atoms with van der Waals surface area (Å²) in [7, 11) is 0. The van der Waals surface area contributed by atoms with Crippen LogP contribution in [0.2, 0.25) is 0 Å². The predicted octanol–water partition coefficient (Wildman–Crippen LogP) is 11.9. The third kappa shape index (κ3) is 5.68. The number of pyridine rings is 2. The van der Waals surface area contributed by atoms with Crippen molar-refractivity contribution in [2.45, 2.75) is 6.92 Å². The summed E-state index contributed by atoms with van der Waals surface area (Å²) in [6.45, 7) is 2.10. The zero-order chi connectivity index (χ0) is 32.7. The summed E-state index contributed by atoms with van der Waals surface area (Å²) in [4.78, 5) is 11.9. The van der Waals surface area contributed by atoms with Crippen molar-refractivity contribution in [3.63, 3.8) is 0 Å². The number of furan rings is 1. The summed E-state index contributed by atoms with van der Waals surface area (Å²) < 4.78 is 6.06. The molecule has 9 rings (SSSR count). The van der Waals surface area contributed by atoms with Crippen LogP contribution in [0.1, 0.15) is 5.56 Å². The van der Waals surface area contributed by atoms with E-state index in [0.717, 1.165) is 83.4 Å². The minimum Gasteiger partial charge on any atom is -0.455 e. The Balaban J connectivity index is 0.00000361. The summed E-state index contributed by atoms with van der Waals surface area (Å²) in [6, 6.07) is 57.6. The Morgan fingerprint density at radius 2 is 1.16 bits per heavy atom. The van der Waals surface area contributed by atoms with Crippen molar-refractivity contribution in [1.29, 1.82) is 0 Å². The van der Waals surface area contributed by atoms with Crippen molar-refractivity contribution in [2.75, 3.05) is 4.90 Å². The molecule has 9 aromatic rings. The number of para-hydroxylation sites is 1. The van der Waals surface area contributed by atoms with Crippen molar-refractivity contribution in [2.24, 2.45) is 0 Å². The van der Waals surface area contributed by atoms with Gasteiger partial charge in [-0.3, -0.25) is 0 Å². The summed E-state index contributed by atoms with van der Waals surface area (Å²) in [5.41, 5.74) is 11.4. The summed E-state index contributed by atoms with van der Waals surface area (Å²) in [6.07, 6.45) is 3.76. The normalized spacial score (nSPS) is 11.1. The number of anilines is 3. The zero-order valence-corrected chi connectivity index (χ0v) is 29.3. The first-order valence-corrected chi connectivity index (χ1v) is 16.3. The maximum Gasteiger partial charge on any atom is 2.00 e. The van der Waals surface area contributed by atoms with Crippen molar-refractivity contribution < 1.29 is 25.5 Å². The molecule has 0 radical (unpaired) electrons. The van der Waals surface area contributed by atoms with E-state index in [1.54, 1.807) is 0 Å². The van der Waals surface area contributed by atoms with Crippen molar-refractivity contribution in [3.8, 4) is 33.6 Å². The predicted molar refractivity (Wildman–Crippen MR) is 200 cm³/mol. The molecule has 0 spiro atoms. The fraction of sp³-hybridized carbons (Fsp3) is 0.0222. The second-order valence-corrected chi connectivity index (χ2v) is 12.1. The van der Waals surface area contributed by atoms with E-state index in [2.05, 4.69) is 145 Å². The van der Waals surface area contributed by atoms with Crippen LogP contribution < -0.4 is 4.90 Å². The molecule has 4 nitrogen and oxygen atoms in total. The molecule has 3 aromatic heterocycles. The summed E-state index contributed by atoms with van der Waals surface area (Å²) in [5, 5.41) is 4.39. The van der Waals surface area contributed by atoms with Gasteiger partial charge in [-0.15, -0.1) is 59.7 Å². The van der Waals surface area contributed by atoms with Gasteiger partial charge in [-0.1, -0.05) is 97.1 Å². The first-order valence-electron chi connectivity index (χ1n) is 16.3. The van der Waals surface area contributed by atoms with Gasteiger partial charge in [-0.25, -0.2) is 0 Å². The second kappa shape index (κ2) is 13.2. The van der Waals surface area contributed by atoms with Crippen LogP contribution in [0.15, 0.2) is 162 Å². The van der Waals surface area contributed by atoms with Crippen LogP contribution in [0.4, 0.5) is 17.1 Å². The molecule has 0 unspecified atom stereocenters. The van der Waals surface area contributed by atoms with Gasteiger partial charge in [0.15, 0.2) is 5.58 Å². The molecule has 0 fully saturated rings. The minimum absolute atomic E-state index is 0. The van der Waals surface area contributed by atoms with E-state index in [-0.39, 0.29) is 21.1 Å². The molecular weight excluding hydrogens is 794 g/mol. The molecule has 0 saturated heterocycles. The Morgan fingerprint density at radius 1 is 0.540 bits per heavy atom. The molecule has 240 valence electrons. The topological polar surface area (TPSA) is 42.2 Å². The van der Waals surface area contributed by atoms with Crippen LogP contribution in [0.3, 0.4) is 0 Å². The average Bonchev–Trinajstić information content (AvgIpc) is 3.54. The number of aromatic nitrogens is 2. The monoisotopic (exact) mass is 822 g/mol. The van der Waals surface area contributed by atoms with E-state index in [9.17, 15) is 0 Å². The number of fused-ring (bicyclic) bond motifs is 4. The number of benzene rings is 6. The van der Waals surface area contributed by atoms with Crippen LogP contribution in [0, 0.1) is 19.1 Å². The van der Waals surface area contributed by atoms with Gasteiger partial charge in [0.2, 0.25) is 0 Å². The number of hydrogen-bond acceptors (Lipinski definition) is 4. The molecule has 0 N–H and O–H groups in total. The molecule has 0 bridgehead atoms. The van der Waals surface area contributed by atoms with E-state index in [1.807, 2.05) is 36.7 Å². The SMILES string of the molecule is Cc1cnc(-c2[c-]c(N(c3[c-]c(-c4cc5c(cn4)oc4ccccc45)ccc3)c3cccc4ccccc34)ccc2)cc1-c1ccccc1.[Pt+2]. The molecule has 6 aromatic carbocycles. The average molecular weight is 823 g/mol. The molecule has 50 heavy (non-hydrogen) atoms. The van der Waals surface area contributed by atoms with E-state index in [4.69, 9.17) is 14.4 Å². The fourth-order valence-corrected chi connectivity index (χ4v) is 6.64. The molecule has 0 atom stereocenters. The van der Waals surface area contributed by atoms with Crippen LogP contribution in [0.25, 0.3) is 66.4 Å². The van der Waals surface area contributed by atoms with Gasteiger partial charge in [0.1, 0.15) is 5.58 Å². The molecule has 0 saturated carbocycles. The van der Waals surface area contributed by atoms with E-state index < -0.39 is 0 Å². The third-order valence-corrected chi connectivity index (χ3v) is 9.05. The summed E-state index contributed by atoms with van der Waals surface area (Å²) >= 11 is 0. The Labute approximate surface area is 305 Å². The second-order valence-electron chi connectivity index (χ2n) is 12.1. The molecule has 0 aliphatic heterocycles. The number of nitrogens with zero attached hydrogens (tertiary/aromatic N) is 3. The van der Waals surface area contributed by atoms with Gasteiger partial charge in [-0.2, -0.15) is 0 Å². The molecule has 3 heterocycles. The van der Waals surface area contributed by atoms with Crippen molar-refractivity contribution in [1.82, 2.24) is 9.97 Å². The third-order valence-electron chi connectivity index (χ3n) is 9.05. The van der Waals surface area contributed by atoms with Crippen LogP contribution in [-0.4, -0.2) is 9.97 Å². The Morgan fingerprint density at radius 3 is 1.94 bits per heavy atom. The number of hydrogen-bond donors (Lipinski definition) is 0. The van der Waals surface area contributed by atoms with Crippen LogP contribution in [-0.2, 0) is 21.1 Å². The number of aryl methyl sites for hydroxylation is 1. The maximum atomic E-state index is 6.06. The van der Waals surface area contributed by atoms with Gasteiger partial charge in [0.25, 0.3) is 0 Å². The zero-order valence-electron chi connectivity index (χ0n) is 27.1. The van der Waals surface area contributed by atoms with Gasteiger partial charge in [-0.05, 0) is 63.9 Å². The maximum absolute atomic E-state index is 6.06. The largest absolute Gasteiger partial charge is 2.00 e. The first kappa shape index (κ1) is 31.4. The number of rotatable bonds is 6. The van der Waals surface area contributed by atoms with Crippen LogP contribution >= 0.6 is 0 Å². The molecule has 0 aliphatic carbocycles. The van der Waals surface area contributed by atoms with E-state index in [1.165, 1.54) is 5.56 Å². The van der Waals surface area contributed by atoms with Gasteiger partial charge >= 0.3 is 21.1 Å². The Bertz CT molecular complexity index is 2640. The van der Waals surface area contributed by atoms with Crippen molar-refractivity contribution >= 4 is 49.8 Å². The smallest absolute Gasteiger partial charge is 0.455 e. The van der Waals surface area contributed by atoms with Crippen LogP contribution in [0.5, 0.6) is 0 Å². The van der Waals surface area contributed by atoms with Gasteiger partial charge in [0, 0.05) is 22.4 Å². The molecule has 0 amide bonds. The fourth-order valence-electron chi connectivity index (χ4n) is 6.64.